The van der Waals surface area contributed by atoms with Crippen LogP contribution in [0.15, 0.2) is 73.1 Å². The van der Waals surface area contributed by atoms with Crippen molar-refractivity contribution < 1.29 is 9.53 Å². The molecule has 0 bridgehead atoms. The molecule has 6 rings (SSSR count). The summed E-state index contributed by atoms with van der Waals surface area (Å²) in [6.45, 7) is 1.98. The Kier molecular flexibility index (Phi) is 6.97. The number of hydrogen-bond donors (Lipinski definition) is 1. The molecule has 4 aromatic rings. The molecule has 202 valence electrons. The summed E-state index contributed by atoms with van der Waals surface area (Å²) >= 11 is 0. The summed E-state index contributed by atoms with van der Waals surface area (Å²) < 4.78 is 8.04. The highest BCUT2D eigenvalue weighted by atomic mass is 16.5. The average Bonchev–Trinajstić information content (AvgIpc) is 3.61. The third-order valence-corrected chi connectivity index (χ3v) is 7.74. The van der Waals surface area contributed by atoms with E-state index in [1.807, 2.05) is 65.6 Å². The van der Waals surface area contributed by atoms with E-state index in [0.717, 1.165) is 35.2 Å². The van der Waals surface area contributed by atoms with Gasteiger partial charge in [-0.15, -0.1) is 6.42 Å². The molecule has 8 heteroatoms. The van der Waals surface area contributed by atoms with Crippen LogP contribution in [-0.4, -0.2) is 63.0 Å². The molecular formula is C32H32N6O2. The number of carbonyl (C=O) groups excluding carboxylic acids is 1. The Labute approximate surface area is 234 Å². The van der Waals surface area contributed by atoms with E-state index in [0.29, 0.717) is 42.0 Å². The molecule has 1 atom stereocenters. The largest absolute Gasteiger partial charge is 0.457 e. The Morgan fingerprint density at radius 3 is 2.60 bits per heavy atom. The number of hydrogen-bond acceptors (Lipinski definition) is 6. The Morgan fingerprint density at radius 2 is 1.88 bits per heavy atom. The maximum atomic E-state index is 13.0. The van der Waals surface area contributed by atoms with Crippen LogP contribution in [0.25, 0.3) is 22.2 Å². The van der Waals surface area contributed by atoms with Crippen LogP contribution >= 0.6 is 0 Å². The Balaban J connectivity index is 1.28. The van der Waals surface area contributed by atoms with Gasteiger partial charge in [-0.3, -0.25) is 9.69 Å². The summed E-state index contributed by atoms with van der Waals surface area (Å²) in [6, 6.07) is 18.0. The highest BCUT2D eigenvalue weighted by Crippen LogP contribution is 2.40. The number of amides is 1. The molecule has 0 spiro atoms. The number of likely N-dealkylation sites (tertiary alicyclic amines) is 1. The van der Waals surface area contributed by atoms with Crippen LogP contribution < -0.4 is 10.5 Å². The maximum Gasteiger partial charge on any atom is 0.246 e. The van der Waals surface area contributed by atoms with Gasteiger partial charge in [-0.2, -0.15) is 0 Å². The van der Waals surface area contributed by atoms with Crippen molar-refractivity contribution in [2.24, 2.45) is 0 Å². The number of terminal acetylenes is 1. The predicted octanol–water partition coefficient (Wildman–Crippen LogP) is 4.88. The lowest BCUT2D eigenvalue weighted by atomic mass is 10.0. The third-order valence-electron chi connectivity index (χ3n) is 7.74. The van der Waals surface area contributed by atoms with Gasteiger partial charge in [-0.1, -0.05) is 42.3 Å². The molecule has 3 heterocycles. The molecule has 1 aliphatic heterocycles. The van der Waals surface area contributed by atoms with E-state index in [4.69, 9.17) is 16.9 Å². The first-order chi connectivity index (χ1) is 19.5. The summed E-state index contributed by atoms with van der Waals surface area (Å²) in [4.78, 5) is 26.0. The number of carbonyl (C=O) groups is 1. The number of anilines is 1. The fourth-order valence-corrected chi connectivity index (χ4v) is 5.49. The van der Waals surface area contributed by atoms with Crippen LogP contribution in [0.1, 0.15) is 31.0 Å². The molecule has 2 fully saturated rings. The smallest absolute Gasteiger partial charge is 0.246 e. The van der Waals surface area contributed by atoms with E-state index >= 15 is 0 Å². The Hall–Kier alpha value is -4.61. The van der Waals surface area contributed by atoms with Gasteiger partial charge in [0, 0.05) is 37.3 Å². The summed E-state index contributed by atoms with van der Waals surface area (Å²) in [5.74, 6) is 4.77. The van der Waals surface area contributed by atoms with Gasteiger partial charge >= 0.3 is 0 Å². The van der Waals surface area contributed by atoms with Gasteiger partial charge in [0.25, 0.3) is 0 Å². The van der Waals surface area contributed by atoms with E-state index in [1.165, 1.54) is 19.2 Å². The molecular weight excluding hydrogens is 500 g/mol. The molecule has 1 aliphatic carbocycles. The van der Waals surface area contributed by atoms with Gasteiger partial charge in [0.1, 0.15) is 35.0 Å². The monoisotopic (exact) mass is 532 g/mol. The topological polar surface area (TPSA) is 89.5 Å². The van der Waals surface area contributed by atoms with Crippen molar-refractivity contribution in [3.8, 4) is 35.0 Å². The van der Waals surface area contributed by atoms with Crippen molar-refractivity contribution >= 4 is 22.8 Å². The number of likely N-dealkylation sites (N-methyl/N-ethyl adjacent to an activating group) is 1. The maximum absolute atomic E-state index is 13.0. The van der Waals surface area contributed by atoms with Gasteiger partial charge < -0.3 is 19.9 Å². The fourth-order valence-electron chi connectivity index (χ4n) is 5.49. The van der Waals surface area contributed by atoms with Gasteiger partial charge in [0.05, 0.1) is 11.4 Å². The SMILES string of the molecule is C#Cc1c(-c2ccc(Oc3ccccc3)cc2)c2c(N)ncnc2n1C1CCN(C(=O)/C=C/CN(C)C2CC2)C1. The molecule has 2 aliphatic rings. The van der Waals surface area contributed by atoms with E-state index in [2.05, 4.69) is 32.4 Å². The summed E-state index contributed by atoms with van der Waals surface area (Å²) in [6.07, 6.45) is 14.5. The van der Waals surface area contributed by atoms with Crippen molar-refractivity contribution in [3.05, 3.63) is 78.8 Å². The lowest BCUT2D eigenvalue weighted by Gasteiger charge is -2.18. The average molecular weight is 533 g/mol. The van der Waals surface area contributed by atoms with Crippen LogP contribution in [0.3, 0.4) is 0 Å². The van der Waals surface area contributed by atoms with E-state index in [1.54, 1.807) is 6.08 Å². The number of fused-ring (bicyclic) bond motifs is 1. The molecule has 8 nitrogen and oxygen atoms in total. The number of para-hydroxylation sites is 1. The van der Waals surface area contributed by atoms with E-state index in [9.17, 15) is 4.79 Å². The minimum Gasteiger partial charge on any atom is -0.457 e. The summed E-state index contributed by atoms with van der Waals surface area (Å²) in [7, 11) is 2.10. The van der Waals surface area contributed by atoms with E-state index in [-0.39, 0.29) is 11.9 Å². The normalized spacial score (nSPS) is 17.1. The molecule has 2 aromatic heterocycles. The summed E-state index contributed by atoms with van der Waals surface area (Å²) in [5.41, 5.74) is 9.48. The number of rotatable bonds is 8. The Bertz CT molecular complexity index is 1600. The molecule has 0 radical (unpaired) electrons. The molecule has 40 heavy (non-hydrogen) atoms. The van der Waals surface area contributed by atoms with E-state index < -0.39 is 0 Å². The standard InChI is InChI=1S/C32H32N6O2/c1-3-27-29(22-11-15-26(16-12-22)40-25-8-5-4-6-9-25)30-31(33)34-21-35-32(30)38(27)24-17-19-37(20-24)28(39)10-7-18-36(2)23-13-14-23/h1,4-12,15-16,21,23-24H,13-14,17-20H2,2H3,(H2,33,34,35)/b10-7+. The predicted molar refractivity (Wildman–Crippen MR) is 157 cm³/mol. The van der Waals surface area contributed by atoms with Gasteiger partial charge in [0.2, 0.25) is 5.91 Å². The second-order valence-electron chi connectivity index (χ2n) is 10.4. The van der Waals surface area contributed by atoms with Crippen LogP contribution in [-0.2, 0) is 4.79 Å². The van der Waals surface area contributed by atoms with Gasteiger partial charge in [0.15, 0.2) is 0 Å². The molecule has 1 saturated heterocycles. The van der Waals surface area contributed by atoms with Crippen molar-refractivity contribution in [1.29, 1.82) is 0 Å². The molecule has 1 amide bonds. The number of nitrogen functional groups attached to an aromatic ring is 1. The van der Waals surface area contributed by atoms with Crippen molar-refractivity contribution in [2.45, 2.75) is 31.3 Å². The minimum absolute atomic E-state index is 0.0220. The number of nitrogens with two attached hydrogens (primary N) is 1. The number of benzene rings is 2. The second-order valence-corrected chi connectivity index (χ2v) is 10.4. The van der Waals surface area contributed by atoms with Crippen LogP contribution in [0.4, 0.5) is 5.82 Å². The molecule has 2 N–H and O–H groups in total. The zero-order valence-corrected chi connectivity index (χ0v) is 22.5. The molecule has 2 aromatic carbocycles. The lowest BCUT2D eigenvalue weighted by Crippen LogP contribution is -2.28. The van der Waals surface area contributed by atoms with Gasteiger partial charge in [-0.25, -0.2) is 9.97 Å². The minimum atomic E-state index is -0.0243. The molecule has 1 saturated carbocycles. The first kappa shape index (κ1) is 25.7. The van der Waals surface area contributed by atoms with Gasteiger partial charge in [-0.05, 0) is 56.1 Å². The fraction of sp³-hybridized carbons (Fsp3) is 0.281. The zero-order chi connectivity index (χ0) is 27.6. The van der Waals surface area contributed by atoms with Crippen LogP contribution in [0.5, 0.6) is 11.5 Å². The first-order valence-corrected chi connectivity index (χ1v) is 13.6. The first-order valence-electron chi connectivity index (χ1n) is 13.6. The van der Waals surface area contributed by atoms with Crippen molar-refractivity contribution in [1.82, 2.24) is 24.3 Å². The summed E-state index contributed by atoms with van der Waals surface area (Å²) in [5, 5.41) is 0.722. The highest BCUT2D eigenvalue weighted by Gasteiger charge is 2.32. The number of aromatic nitrogens is 3. The highest BCUT2D eigenvalue weighted by molar-refractivity contribution is 6.03. The quantitative estimate of drug-likeness (QED) is 0.257. The van der Waals surface area contributed by atoms with Crippen molar-refractivity contribution in [3.63, 3.8) is 0 Å². The number of nitrogens with zero attached hydrogens (tertiary/aromatic N) is 5. The molecule has 1 unspecified atom stereocenters. The zero-order valence-electron chi connectivity index (χ0n) is 22.5. The van der Waals surface area contributed by atoms with Crippen LogP contribution in [0, 0.1) is 12.3 Å². The van der Waals surface area contributed by atoms with Crippen LogP contribution in [0.2, 0.25) is 0 Å². The third kappa shape index (κ3) is 5.04. The lowest BCUT2D eigenvalue weighted by molar-refractivity contribution is -0.125. The van der Waals surface area contributed by atoms with Crippen molar-refractivity contribution in [2.75, 3.05) is 32.4 Å². The number of ether oxygens (including phenoxy) is 1. The second kappa shape index (κ2) is 10.9. The Morgan fingerprint density at radius 1 is 1.12 bits per heavy atom.